The number of carbonyl (C=O) groups is 1. The highest BCUT2D eigenvalue weighted by molar-refractivity contribution is 8.18. The summed E-state index contributed by atoms with van der Waals surface area (Å²) in [6.45, 7) is 4.19. The van der Waals surface area contributed by atoms with E-state index in [1.54, 1.807) is 0 Å². The maximum absolute atomic E-state index is 11.6. The summed E-state index contributed by atoms with van der Waals surface area (Å²) in [7, 11) is 0. The molecule has 1 amide bonds. The average Bonchev–Trinajstić information content (AvgIpc) is 2.67. The molecule has 0 aromatic heterocycles. The van der Waals surface area contributed by atoms with Gasteiger partial charge in [-0.1, -0.05) is 6.07 Å². The van der Waals surface area contributed by atoms with Crippen molar-refractivity contribution in [1.82, 2.24) is 5.32 Å². The van der Waals surface area contributed by atoms with Gasteiger partial charge in [0.05, 0.1) is 4.91 Å². The number of carbonyl (C=O) groups excluding carboxylic acids is 1. The first-order valence-electron chi connectivity index (χ1n) is 6.54. The van der Waals surface area contributed by atoms with Gasteiger partial charge < -0.3 is 10.1 Å². The van der Waals surface area contributed by atoms with Crippen LogP contribution in [0.2, 0.25) is 0 Å². The minimum absolute atomic E-state index is 0.108. The van der Waals surface area contributed by atoms with Crippen molar-refractivity contribution in [3.8, 4) is 5.75 Å². The number of nitrogens with one attached hydrogen (secondary N) is 2. The van der Waals surface area contributed by atoms with Crippen LogP contribution in [-0.4, -0.2) is 16.7 Å². The number of ether oxygens (including phenoxy) is 1. The Morgan fingerprint density at radius 2 is 2.25 bits per heavy atom. The summed E-state index contributed by atoms with van der Waals surface area (Å²) in [4.78, 5) is 12.2. The minimum atomic E-state index is -0.199. The molecule has 2 heterocycles. The van der Waals surface area contributed by atoms with E-state index in [1.165, 1.54) is 5.56 Å². The van der Waals surface area contributed by atoms with Crippen molar-refractivity contribution >= 4 is 28.9 Å². The molecule has 0 saturated carbocycles. The molecule has 0 bridgehead atoms. The molecule has 2 aliphatic heterocycles. The lowest BCUT2D eigenvalue weighted by Gasteiger charge is -2.32. The Kier molecular flexibility index (Phi) is 3.09. The third-order valence-electron chi connectivity index (χ3n) is 3.43. The zero-order chi connectivity index (χ0) is 14.3. The highest BCUT2D eigenvalue weighted by Gasteiger charge is 2.27. The third kappa shape index (κ3) is 2.58. The SMILES string of the molecule is CC1(C)CCc2cc(/C=C3\SC(=N)NC3=O)ccc2O1. The Morgan fingerprint density at radius 3 is 2.95 bits per heavy atom. The number of aryl methyl sites for hydroxylation is 1. The number of hydrogen-bond donors (Lipinski definition) is 2. The fraction of sp³-hybridized carbons (Fsp3) is 0.333. The summed E-state index contributed by atoms with van der Waals surface area (Å²) < 4.78 is 5.94. The second-order valence-electron chi connectivity index (χ2n) is 5.62. The summed E-state index contributed by atoms with van der Waals surface area (Å²) in [6.07, 6.45) is 3.79. The van der Waals surface area contributed by atoms with E-state index >= 15 is 0 Å². The van der Waals surface area contributed by atoms with Crippen LogP contribution in [0, 0.1) is 5.41 Å². The molecule has 0 spiro atoms. The molecule has 0 atom stereocenters. The standard InChI is InChI=1S/C15H16N2O2S/c1-15(2)6-5-10-7-9(3-4-11(10)19-15)8-12-13(18)17-14(16)20-12/h3-4,7-8H,5-6H2,1-2H3,(H2,16,17,18)/b12-8-. The molecule has 0 unspecified atom stereocenters. The minimum Gasteiger partial charge on any atom is -0.488 e. The summed E-state index contributed by atoms with van der Waals surface area (Å²) in [5, 5.41) is 10.1. The van der Waals surface area contributed by atoms with E-state index in [0.29, 0.717) is 4.91 Å². The summed E-state index contributed by atoms with van der Waals surface area (Å²) in [6, 6.07) is 5.97. The fourth-order valence-corrected chi connectivity index (χ4v) is 3.06. The van der Waals surface area contributed by atoms with Crippen molar-refractivity contribution in [3.63, 3.8) is 0 Å². The number of hydrogen-bond acceptors (Lipinski definition) is 4. The number of amides is 1. The Morgan fingerprint density at radius 1 is 1.45 bits per heavy atom. The summed E-state index contributed by atoms with van der Waals surface area (Å²) in [5.74, 6) is 0.731. The maximum atomic E-state index is 11.6. The average molecular weight is 288 g/mol. The second kappa shape index (κ2) is 4.66. The van der Waals surface area contributed by atoms with Gasteiger partial charge in [0.25, 0.3) is 5.91 Å². The number of rotatable bonds is 1. The van der Waals surface area contributed by atoms with E-state index in [1.807, 2.05) is 18.2 Å². The number of benzene rings is 1. The van der Waals surface area contributed by atoms with Crippen LogP contribution >= 0.6 is 11.8 Å². The second-order valence-corrected chi connectivity index (χ2v) is 6.68. The van der Waals surface area contributed by atoms with Crippen LogP contribution < -0.4 is 10.1 Å². The van der Waals surface area contributed by atoms with Crippen molar-refractivity contribution in [2.45, 2.75) is 32.3 Å². The van der Waals surface area contributed by atoms with E-state index in [2.05, 4.69) is 25.2 Å². The Hall–Kier alpha value is -1.75. The van der Waals surface area contributed by atoms with Crippen LogP contribution in [0.25, 0.3) is 6.08 Å². The lowest BCUT2D eigenvalue weighted by Crippen LogP contribution is -2.32. The first-order chi connectivity index (χ1) is 9.43. The quantitative estimate of drug-likeness (QED) is 0.781. The number of thioether (sulfide) groups is 1. The maximum Gasteiger partial charge on any atom is 0.264 e. The molecule has 20 heavy (non-hydrogen) atoms. The lowest BCUT2D eigenvalue weighted by molar-refractivity contribution is -0.115. The van der Waals surface area contributed by atoms with E-state index in [-0.39, 0.29) is 16.7 Å². The van der Waals surface area contributed by atoms with Crippen molar-refractivity contribution in [3.05, 3.63) is 34.2 Å². The fourth-order valence-electron chi connectivity index (χ4n) is 2.36. The molecular weight excluding hydrogens is 272 g/mol. The number of fused-ring (bicyclic) bond motifs is 1. The molecule has 1 fully saturated rings. The highest BCUT2D eigenvalue weighted by atomic mass is 32.2. The van der Waals surface area contributed by atoms with Crippen LogP contribution in [0.5, 0.6) is 5.75 Å². The van der Waals surface area contributed by atoms with Crippen LogP contribution in [0.4, 0.5) is 0 Å². The van der Waals surface area contributed by atoms with Gasteiger partial charge in [-0.2, -0.15) is 0 Å². The molecule has 4 nitrogen and oxygen atoms in total. The van der Waals surface area contributed by atoms with E-state index < -0.39 is 0 Å². The third-order valence-corrected chi connectivity index (χ3v) is 4.26. The predicted molar refractivity (Wildman–Crippen MR) is 80.9 cm³/mol. The van der Waals surface area contributed by atoms with Crippen LogP contribution in [0.3, 0.4) is 0 Å². The van der Waals surface area contributed by atoms with Gasteiger partial charge in [-0.15, -0.1) is 0 Å². The van der Waals surface area contributed by atoms with Crippen molar-refractivity contribution < 1.29 is 9.53 Å². The Labute approximate surface area is 122 Å². The van der Waals surface area contributed by atoms with Gasteiger partial charge >= 0.3 is 0 Å². The molecule has 0 aliphatic carbocycles. The molecule has 1 saturated heterocycles. The van der Waals surface area contributed by atoms with Crippen molar-refractivity contribution in [1.29, 1.82) is 5.41 Å². The number of amidine groups is 1. The molecule has 0 radical (unpaired) electrons. The van der Waals surface area contributed by atoms with E-state index in [4.69, 9.17) is 10.1 Å². The van der Waals surface area contributed by atoms with Crippen LogP contribution in [-0.2, 0) is 11.2 Å². The van der Waals surface area contributed by atoms with Gasteiger partial charge in [-0.3, -0.25) is 10.2 Å². The van der Waals surface area contributed by atoms with E-state index in [9.17, 15) is 4.79 Å². The summed E-state index contributed by atoms with van der Waals surface area (Å²) in [5.41, 5.74) is 2.04. The van der Waals surface area contributed by atoms with Gasteiger partial charge in [0.2, 0.25) is 0 Å². The Balaban J connectivity index is 1.89. The zero-order valence-electron chi connectivity index (χ0n) is 11.4. The van der Waals surface area contributed by atoms with Gasteiger partial charge in [-0.25, -0.2) is 0 Å². The molecule has 104 valence electrons. The molecule has 2 aliphatic rings. The first-order valence-corrected chi connectivity index (χ1v) is 7.36. The van der Waals surface area contributed by atoms with E-state index in [0.717, 1.165) is 35.9 Å². The van der Waals surface area contributed by atoms with Crippen molar-refractivity contribution in [2.24, 2.45) is 0 Å². The molecule has 1 aromatic rings. The molecule has 1 aromatic carbocycles. The van der Waals surface area contributed by atoms with Crippen LogP contribution in [0.1, 0.15) is 31.4 Å². The van der Waals surface area contributed by atoms with Gasteiger partial charge in [0.1, 0.15) is 11.4 Å². The zero-order valence-corrected chi connectivity index (χ0v) is 12.3. The molecular formula is C15H16N2O2S. The normalized spacial score (nSPS) is 22.4. The monoisotopic (exact) mass is 288 g/mol. The smallest absolute Gasteiger partial charge is 0.264 e. The Bertz CT molecular complexity index is 635. The highest BCUT2D eigenvalue weighted by Crippen LogP contribution is 2.34. The van der Waals surface area contributed by atoms with Crippen LogP contribution in [0.15, 0.2) is 23.1 Å². The lowest BCUT2D eigenvalue weighted by atomic mass is 9.93. The topological polar surface area (TPSA) is 62.2 Å². The first kappa shape index (κ1) is 13.2. The van der Waals surface area contributed by atoms with Gasteiger partial charge in [0.15, 0.2) is 5.17 Å². The van der Waals surface area contributed by atoms with Crippen molar-refractivity contribution in [2.75, 3.05) is 0 Å². The molecule has 3 rings (SSSR count). The predicted octanol–water partition coefficient (Wildman–Crippen LogP) is 2.93. The van der Waals surface area contributed by atoms with Gasteiger partial charge in [-0.05, 0) is 67.8 Å². The molecule has 2 N–H and O–H groups in total. The molecule has 5 heteroatoms. The van der Waals surface area contributed by atoms with Gasteiger partial charge in [0, 0.05) is 0 Å². The summed E-state index contributed by atoms with van der Waals surface area (Å²) >= 11 is 1.16. The largest absolute Gasteiger partial charge is 0.488 e.